The number of carbonyl (C=O) groups excluding carboxylic acids is 1. The first kappa shape index (κ1) is 21.0. The summed E-state index contributed by atoms with van der Waals surface area (Å²) >= 11 is 0. The average Bonchev–Trinajstić information content (AvgIpc) is 2.24. The van der Waals surface area contributed by atoms with Gasteiger partial charge in [0.25, 0.3) is 0 Å². The first-order valence-corrected chi connectivity index (χ1v) is 6.55. The van der Waals surface area contributed by atoms with Crippen LogP contribution in [0, 0.1) is 17.3 Å². The Labute approximate surface area is 124 Å². The van der Waals surface area contributed by atoms with Crippen molar-refractivity contribution in [1.29, 1.82) is 0 Å². The molecule has 1 atom stereocenters. The van der Waals surface area contributed by atoms with Crippen molar-refractivity contribution < 1.29 is 40.3 Å². The van der Waals surface area contributed by atoms with Crippen molar-refractivity contribution >= 4 is 5.97 Å². The van der Waals surface area contributed by atoms with Crippen LogP contribution in [0.4, 0.5) is 30.7 Å². The van der Waals surface area contributed by atoms with Crippen LogP contribution in [0.3, 0.4) is 0 Å². The van der Waals surface area contributed by atoms with Crippen molar-refractivity contribution in [3.8, 4) is 0 Å². The zero-order valence-corrected chi connectivity index (χ0v) is 12.8. The molecule has 9 heteroatoms. The van der Waals surface area contributed by atoms with Crippen LogP contribution in [0.15, 0.2) is 0 Å². The molecule has 0 spiro atoms. The topological polar surface area (TPSA) is 26.3 Å². The van der Waals surface area contributed by atoms with Crippen LogP contribution in [0.5, 0.6) is 0 Å². The van der Waals surface area contributed by atoms with Gasteiger partial charge in [0.15, 0.2) is 0 Å². The Morgan fingerprint density at radius 3 is 1.50 bits per heavy atom. The van der Waals surface area contributed by atoms with Crippen LogP contribution in [-0.4, -0.2) is 24.2 Å². The standard InChI is InChI=1S/C13H19F7O2/c1-7(2)6-10(5,8(3)4)9(21)22-11(14,12(15,16)17)13(18,19)20/h7-8H,6H2,1-5H3. The van der Waals surface area contributed by atoms with Crippen molar-refractivity contribution in [3.63, 3.8) is 0 Å². The van der Waals surface area contributed by atoms with E-state index in [0.717, 1.165) is 6.92 Å². The molecule has 0 aromatic carbocycles. The Balaban J connectivity index is 5.70. The summed E-state index contributed by atoms with van der Waals surface area (Å²) < 4.78 is 91.5. The molecule has 0 fully saturated rings. The van der Waals surface area contributed by atoms with Gasteiger partial charge in [-0.1, -0.05) is 27.7 Å². The van der Waals surface area contributed by atoms with E-state index in [-0.39, 0.29) is 12.3 Å². The molecule has 2 nitrogen and oxygen atoms in total. The molecular formula is C13H19F7O2. The first-order valence-electron chi connectivity index (χ1n) is 6.55. The summed E-state index contributed by atoms with van der Waals surface area (Å²) in [6, 6.07) is 0. The molecule has 0 rings (SSSR count). The number of ether oxygens (including phenoxy) is 1. The Hall–Kier alpha value is -1.02. The molecule has 0 amide bonds. The summed E-state index contributed by atoms with van der Waals surface area (Å²) in [6.07, 6.45) is -12.9. The summed E-state index contributed by atoms with van der Waals surface area (Å²) in [6.45, 7) is 7.29. The highest BCUT2D eigenvalue weighted by Gasteiger charge is 2.77. The van der Waals surface area contributed by atoms with Gasteiger partial charge in [-0.2, -0.15) is 30.7 Å². The van der Waals surface area contributed by atoms with E-state index in [2.05, 4.69) is 4.74 Å². The third-order valence-electron chi connectivity index (χ3n) is 3.54. The van der Waals surface area contributed by atoms with Crippen LogP contribution in [0.1, 0.15) is 41.0 Å². The van der Waals surface area contributed by atoms with Crippen LogP contribution in [0.2, 0.25) is 0 Å². The van der Waals surface area contributed by atoms with Gasteiger partial charge in [-0.25, -0.2) is 0 Å². The zero-order chi connectivity index (χ0) is 18.1. The largest absolute Gasteiger partial charge is 0.470 e. The van der Waals surface area contributed by atoms with Gasteiger partial charge in [0.05, 0.1) is 5.41 Å². The second kappa shape index (κ2) is 6.23. The highest BCUT2D eigenvalue weighted by atomic mass is 19.4. The predicted octanol–water partition coefficient (Wildman–Crippen LogP) is 5.03. The van der Waals surface area contributed by atoms with Gasteiger partial charge in [-0.15, -0.1) is 0 Å². The third kappa shape index (κ3) is 4.04. The molecule has 22 heavy (non-hydrogen) atoms. The maximum Gasteiger partial charge on any atom is 0.470 e. The van der Waals surface area contributed by atoms with Crippen LogP contribution in [0.25, 0.3) is 0 Å². The molecule has 0 bridgehead atoms. The highest BCUT2D eigenvalue weighted by molar-refractivity contribution is 5.77. The molecule has 0 aromatic rings. The quantitative estimate of drug-likeness (QED) is 0.518. The summed E-state index contributed by atoms with van der Waals surface area (Å²) in [5, 5.41) is 0. The fourth-order valence-electron chi connectivity index (χ4n) is 1.92. The summed E-state index contributed by atoms with van der Waals surface area (Å²) in [5.41, 5.74) is -1.68. The minimum absolute atomic E-state index is 0.0463. The molecule has 0 saturated carbocycles. The number of hydrogen-bond donors (Lipinski definition) is 0. The molecule has 0 saturated heterocycles. The van der Waals surface area contributed by atoms with Crippen molar-refractivity contribution in [2.45, 2.75) is 59.2 Å². The predicted molar refractivity (Wildman–Crippen MR) is 64.4 cm³/mol. The molecule has 0 aliphatic heterocycles. The summed E-state index contributed by atoms with van der Waals surface area (Å²) in [4.78, 5) is 11.9. The van der Waals surface area contributed by atoms with Gasteiger partial charge < -0.3 is 4.74 Å². The Bertz CT molecular complexity index is 384. The second-order valence-electron chi connectivity index (χ2n) is 6.15. The minimum atomic E-state index is -6.42. The van der Waals surface area contributed by atoms with Crippen molar-refractivity contribution in [3.05, 3.63) is 0 Å². The number of alkyl halides is 7. The SMILES string of the molecule is CC(C)CC(C)(C(=O)OC(F)(C(F)(F)F)C(F)(F)F)C(C)C. The Morgan fingerprint density at radius 1 is 0.909 bits per heavy atom. The molecule has 0 aliphatic carbocycles. The third-order valence-corrected chi connectivity index (χ3v) is 3.54. The second-order valence-corrected chi connectivity index (χ2v) is 6.15. The van der Waals surface area contributed by atoms with Crippen molar-refractivity contribution in [1.82, 2.24) is 0 Å². The molecule has 0 radical (unpaired) electrons. The highest BCUT2D eigenvalue weighted by Crippen LogP contribution is 2.49. The first-order chi connectivity index (χ1) is 9.49. The number of carbonyl (C=O) groups is 1. The Morgan fingerprint density at radius 2 is 1.27 bits per heavy atom. The molecule has 0 aromatic heterocycles. The average molecular weight is 340 g/mol. The van der Waals surface area contributed by atoms with Gasteiger partial charge in [0.2, 0.25) is 0 Å². The fraction of sp³-hybridized carbons (Fsp3) is 0.923. The van der Waals surface area contributed by atoms with E-state index in [1.54, 1.807) is 13.8 Å². The normalized spacial score (nSPS) is 16.8. The zero-order valence-electron chi connectivity index (χ0n) is 12.8. The number of esters is 1. The molecule has 0 heterocycles. The Kier molecular flexibility index (Phi) is 5.94. The lowest BCUT2D eigenvalue weighted by molar-refractivity contribution is -0.419. The molecule has 1 unspecified atom stereocenters. The van der Waals surface area contributed by atoms with Gasteiger partial charge in [0.1, 0.15) is 0 Å². The number of hydrogen-bond acceptors (Lipinski definition) is 2. The van der Waals surface area contributed by atoms with Gasteiger partial charge in [-0.3, -0.25) is 4.79 Å². The van der Waals surface area contributed by atoms with E-state index in [4.69, 9.17) is 0 Å². The van der Waals surface area contributed by atoms with Gasteiger partial charge in [-0.05, 0) is 25.2 Å². The summed E-state index contributed by atoms with van der Waals surface area (Å²) in [5.74, 6) is -8.75. The molecule has 132 valence electrons. The van der Waals surface area contributed by atoms with E-state index >= 15 is 0 Å². The maximum absolute atomic E-state index is 13.5. The maximum atomic E-state index is 13.5. The smallest absolute Gasteiger partial charge is 0.412 e. The van der Waals surface area contributed by atoms with E-state index in [1.165, 1.54) is 13.8 Å². The molecule has 0 aliphatic rings. The lowest BCUT2D eigenvalue weighted by atomic mass is 9.73. The van der Waals surface area contributed by atoms with Crippen LogP contribution < -0.4 is 0 Å². The lowest BCUT2D eigenvalue weighted by Gasteiger charge is -2.37. The fourth-order valence-corrected chi connectivity index (χ4v) is 1.92. The number of rotatable bonds is 5. The van der Waals surface area contributed by atoms with Crippen LogP contribution >= 0.6 is 0 Å². The minimum Gasteiger partial charge on any atom is -0.412 e. The lowest BCUT2D eigenvalue weighted by Crippen LogP contribution is -2.58. The van der Waals surface area contributed by atoms with Crippen molar-refractivity contribution in [2.75, 3.05) is 0 Å². The van der Waals surface area contributed by atoms with E-state index < -0.39 is 35.5 Å². The summed E-state index contributed by atoms with van der Waals surface area (Å²) in [7, 11) is 0. The van der Waals surface area contributed by atoms with E-state index in [0.29, 0.717) is 0 Å². The van der Waals surface area contributed by atoms with E-state index in [9.17, 15) is 35.5 Å². The number of halogens is 7. The van der Waals surface area contributed by atoms with Gasteiger partial charge in [0, 0.05) is 0 Å². The van der Waals surface area contributed by atoms with Crippen LogP contribution in [-0.2, 0) is 9.53 Å². The van der Waals surface area contributed by atoms with E-state index in [1.807, 2.05) is 0 Å². The van der Waals surface area contributed by atoms with Gasteiger partial charge >= 0.3 is 24.2 Å². The molecule has 0 N–H and O–H groups in total. The monoisotopic (exact) mass is 340 g/mol. The molecular weight excluding hydrogens is 321 g/mol. The van der Waals surface area contributed by atoms with Crippen molar-refractivity contribution in [2.24, 2.45) is 17.3 Å².